The summed E-state index contributed by atoms with van der Waals surface area (Å²) in [5, 5.41) is 4.19. The Kier molecular flexibility index (Phi) is 4.35. The Morgan fingerprint density at radius 1 is 1.47 bits per heavy atom. The molecule has 0 fully saturated rings. The maximum Gasteiger partial charge on any atom is 0.224 e. The molecule has 2 rings (SSSR count). The highest BCUT2D eigenvalue weighted by Crippen LogP contribution is 2.26. The number of carbonyl (C=O) groups is 1. The zero-order valence-corrected chi connectivity index (χ0v) is 11.4. The minimum absolute atomic E-state index is 0.0541. The van der Waals surface area contributed by atoms with E-state index in [1.165, 1.54) is 0 Å². The second-order valence-corrected chi connectivity index (χ2v) is 4.76. The molecule has 0 saturated carbocycles. The second-order valence-electron chi connectivity index (χ2n) is 4.36. The monoisotopic (exact) mass is 277 g/mol. The van der Waals surface area contributed by atoms with Crippen LogP contribution in [0.1, 0.15) is 5.56 Å². The van der Waals surface area contributed by atoms with Crippen molar-refractivity contribution in [1.82, 2.24) is 10.3 Å². The van der Waals surface area contributed by atoms with Crippen LogP contribution < -0.4 is 11.1 Å². The number of carbonyl (C=O) groups excluding carboxylic acids is 1. The molecular formula is C14H16ClN3O. The minimum Gasteiger partial charge on any atom is -0.359 e. The van der Waals surface area contributed by atoms with Gasteiger partial charge in [-0.1, -0.05) is 17.7 Å². The zero-order valence-electron chi connectivity index (χ0n) is 10.7. The topological polar surface area (TPSA) is 68.0 Å². The van der Waals surface area contributed by atoms with Gasteiger partial charge in [-0.2, -0.15) is 0 Å². The molecule has 1 heterocycles. The predicted octanol–water partition coefficient (Wildman–Crippen LogP) is 1.75. The molecule has 2 aromatic rings. The van der Waals surface area contributed by atoms with Crippen LogP contribution in [0.2, 0.25) is 5.02 Å². The van der Waals surface area contributed by atoms with Crippen LogP contribution in [0, 0.1) is 5.92 Å². The number of nitrogens with zero attached hydrogens (tertiary/aromatic N) is 1. The van der Waals surface area contributed by atoms with Gasteiger partial charge in [-0.15, -0.1) is 0 Å². The SMILES string of the molecule is CNC(=O)C(CN)Cc1ccc(Cl)c2cccnc12. The van der Waals surface area contributed by atoms with Crippen molar-refractivity contribution in [3.63, 3.8) is 0 Å². The third-order valence-corrected chi connectivity index (χ3v) is 3.50. The van der Waals surface area contributed by atoms with Gasteiger partial charge < -0.3 is 11.1 Å². The van der Waals surface area contributed by atoms with Gasteiger partial charge in [0.05, 0.1) is 11.4 Å². The molecule has 0 aliphatic rings. The van der Waals surface area contributed by atoms with Gasteiger partial charge in [0, 0.05) is 30.2 Å². The fraction of sp³-hybridized carbons (Fsp3) is 0.286. The summed E-state index contributed by atoms with van der Waals surface area (Å²) in [6, 6.07) is 7.50. The number of amides is 1. The van der Waals surface area contributed by atoms with E-state index in [2.05, 4.69) is 10.3 Å². The second kappa shape index (κ2) is 5.99. The third kappa shape index (κ3) is 2.85. The lowest BCUT2D eigenvalue weighted by molar-refractivity contribution is -0.124. The molecule has 1 unspecified atom stereocenters. The molecule has 0 aliphatic carbocycles. The summed E-state index contributed by atoms with van der Waals surface area (Å²) in [4.78, 5) is 16.1. The van der Waals surface area contributed by atoms with Crippen molar-refractivity contribution in [3.8, 4) is 0 Å². The number of fused-ring (bicyclic) bond motifs is 1. The van der Waals surface area contributed by atoms with E-state index >= 15 is 0 Å². The number of pyridine rings is 1. The first-order chi connectivity index (χ1) is 9.17. The van der Waals surface area contributed by atoms with Crippen LogP contribution in [0.4, 0.5) is 0 Å². The molecule has 1 aromatic heterocycles. The number of benzene rings is 1. The number of hydrogen-bond acceptors (Lipinski definition) is 3. The van der Waals surface area contributed by atoms with E-state index in [4.69, 9.17) is 17.3 Å². The van der Waals surface area contributed by atoms with Crippen molar-refractivity contribution >= 4 is 28.4 Å². The van der Waals surface area contributed by atoms with E-state index in [0.717, 1.165) is 16.5 Å². The van der Waals surface area contributed by atoms with Crippen molar-refractivity contribution in [3.05, 3.63) is 41.0 Å². The quantitative estimate of drug-likeness (QED) is 0.895. The van der Waals surface area contributed by atoms with Crippen molar-refractivity contribution < 1.29 is 4.79 Å². The molecule has 0 radical (unpaired) electrons. The molecule has 5 heteroatoms. The van der Waals surface area contributed by atoms with Gasteiger partial charge in [0.15, 0.2) is 0 Å². The molecule has 0 spiro atoms. The Balaban J connectivity index is 2.40. The fourth-order valence-corrected chi connectivity index (χ4v) is 2.33. The summed E-state index contributed by atoms with van der Waals surface area (Å²) in [5.41, 5.74) is 7.48. The van der Waals surface area contributed by atoms with Crippen LogP contribution in [-0.4, -0.2) is 24.5 Å². The number of aromatic nitrogens is 1. The van der Waals surface area contributed by atoms with E-state index in [0.29, 0.717) is 18.0 Å². The molecule has 1 aromatic carbocycles. The number of halogens is 1. The largest absolute Gasteiger partial charge is 0.359 e. The predicted molar refractivity (Wildman–Crippen MR) is 77.1 cm³/mol. The van der Waals surface area contributed by atoms with Gasteiger partial charge in [-0.25, -0.2) is 0 Å². The Morgan fingerprint density at radius 3 is 2.95 bits per heavy atom. The van der Waals surface area contributed by atoms with Gasteiger partial charge in [-0.05, 0) is 30.2 Å². The summed E-state index contributed by atoms with van der Waals surface area (Å²) in [7, 11) is 1.61. The lowest BCUT2D eigenvalue weighted by Crippen LogP contribution is -2.34. The van der Waals surface area contributed by atoms with Crippen molar-refractivity contribution in [1.29, 1.82) is 0 Å². The highest BCUT2D eigenvalue weighted by atomic mass is 35.5. The average molecular weight is 278 g/mol. The van der Waals surface area contributed by atoms with Crippen LogP contribution in [0.3, 0.4) is 0 Å². The van der Waals surface area contributed by atoms with Crippen LogP contribution in [0.5, 0.6) is 0 Å². The third-order valence-electron chi connectivity index (χ3n) is 3.17. The number of rotatable bonds is 4. The standard InChI is InChI=1S/C14H16ClN3O/c1-17-14(19)10(8-16)7-9-4-5-12(15)11-3-2-6-18-13(9)11/h2-6,10H,7-8,16H2,1H3,(H,17,19). The molecule has 1 atom stereocenters. The first kappa shape index (κ1) is 13.8. The van der Waals surface area contributed by atoms with Gasteiger partial charge >= 0.3 is 0 Å². The van der Waals surface area contributed by atoms with Crippen LogP contribution in [-0.2, 0) is 11.2 Å². The summed E-state index contributed by atoms with van der Waals surface area (Å²) in [6.45, 7) is 0.302. The van der Waals surface area contributed by atoms with E-state index < -0.39 is 0 Å². The molecule has 4 nitrogen and oxygen atoms in total. The molecule has 0 aliphatic heterocycles. The zero-order chi connectivity index (χ0) is 13.8. The first-order valence-corrected chi connectivity index (χ1v) is 6.49. The molecule has 0 saturated heterocycles. The molecule has 0 bridgehead atoms. The van der Waals surface area contributed by atoms with Crippen molar-refractivity contribution in [2.24, 2.45) is 11.7 Å². The van der Waals surface area contributed by atoms with Crippen LogP contribution in [0.25, 0.3) is 10.9 Å². The van der Waals surface area contributed by atoms with E-state index in [1.54, 1.807) is 13.2 Å². The molecular weight excluding hydrogens is 262 g/mol. The number of nitrogens with two attached hydrogens (primary N) is 1. The molecule has 3 N–H and O–H groups in total. The van der Waals surface area contributed by atoms with Crippen LogP contribution >= 0.6 is 11.6 Å². The number of nitrogens with one attached hydrogen (secondary N) is 1. The van der Waals surface area contributed by atoms with Gasteiger partial charge in [-0.3, -0.25) is 9.78 Å². The smallest absolute Gasteiger partial charge is 0.224 e. The maximum atomic E-state index is 11.7. The van der Waals surface area contributed by atoms with Crippen molar-refractivity contribution in [2.75, 3.05) is 13.6 Å². The van der Waals surface area contributed by atoms with E-state index in [9.17, 15) is 4.79 Å². The van der Waals surface area contributed by atoms with E-state index in [-0.39, 0.29) is 11.8 Å². The highest BCUT2D eigenvalue weighted by molar-refractivity contribution is 6.35. The Labute approximate surface area is 117 Å². The van der Waals surface area contributed by atoms with Crippen molar-refractivity contribution in [2.45, 2.75) is 6.42 Å². The summed E-state index contributed by atoms with van der Waals surface area (Å²) in [6.07, 6.45) is 2.28. The fourth-order valence-electron chi connectivity index (χ4n) is 2.11. The Bertz CT molecular complexity index is 600. The summed E-state index contributed by atoms with van der Waals surface area (Å²) >= 11 is 6.15. The summed E-state index contributed by atoms with van der Waals surface area (Å²) in [5.74, 6) is -0.307. The molecule has 100 valence electrons. The molecule has 19 heavy (non-hydrogen) atoms. The highest BCUT2D eigenvalue weighted by Gasteiger charge is 2.17. The summed E-state index contributed by atoms with van der Waals surface area (Å²) < 4.78 is 0. The van der Waals surface area contributed by atoms with Crippen LogP contribution in [0.15, 0.2) is 30.5 Å². The van der Waals surface area contributed by atoms with Gasteiger partial charge in [0.25, 0.3) is 0 Å². The molecule has 1 amide bonds. The Morgan fingerprint density at radius 2 is 2.26 bits per heavy atom. The lowest BCUT2D eigenvalue weighted by Gasteiger charge is -2.14. The van der Waals surface area contributed by atoms with Gasteiger partial charge in [0.1, 0.15) is 0 Å². The van der Waals surface area contributed by atoms with Gasteiger partial charge in [0.2, 0.25) is 5.91 Å². The normalized spacial score (nSPS) is 12.4. The average Bonchev–Trinajstić information content (AvgIpc) is 2.46. The lowest BCUT2D eigenvalue weighted by atomic mass is 9.96. The maximum absolute atomic E-state index is 11.7. The van der Waals surface area contributed by atoms with E-state index in [1.807, 2.05) is 24.3 Å². The number of hydrogen-bond donors (Lipinski definition) is 2. The first-order valence-electron chi connectivity index (χ1n) is 6.11. The Hall–Kier alpha value is -1.65. The minimum atomic E-state index is -0.253.